The number of piperidine rings is 1. The fraction of sp³-hybridized carbons (Fsp3) is 0.400. The van der Waals surface area contributed by atoms with Gasteiger partial charge in [0.05, 0.1) is 6.33 Å². The molecule has 9 nitrogen and oxygen atoms in total. The summed E-state index contributed by atoms with van der Waals surface area (Å²) >= 11 is 0. The van der Waals surface area contributed by atoms with Crippen LogP contribution in [0.15, 0.2) is 40.2 Å². The molecule has 0 unspecified atom stereocenters. The van der Waals surface area contributed by atoms with E-state index in [0.29, 0.717) is 5.69 Å². The molecule has 152 valence electrons. The van der Waals surface area contributed by atoms with Crippen LogP contribution in [0.1, 0.15) is 19.3 Å². The standard InChI is InChI=1S/C20H24N6O3/c1-23-18-17(19(28)24(2)20(23)29)26(13-21-18)12-16(27)22-14-6-8-15(9-7-14)25-10-4-3-5-11-25/h6-9,13H,3-5,10-12H2,1-2H3,(H,22,27). The van der Waals surface area contributed by atoms with Gasteiger partial charge in [-0.25, -0.2) is 9.78 Å². The number of fused-ring (bicyclic) bond motifs is 1. The first kappa shape index (κ1) is 19.0. The largest absolute Gasteiger partial charge is 0.372 e. The molecule has 0 spiro atoms. The molecule has 0 bridgehead atoms. The van der Waals surface area contributed by atoms with Gasteiger partial charge in [0, 0.05) is 38.6 Å². The predicted octanol–water partition coefficient (Wildman–Crippen LogP) is 1.06. The lowest BCUT2D eigenvalue weighted by atomic mass is 10.1. The van der Waals surface area contributed by atoms with Gasteiger partial charge in [0.2, 0.25) is 5.91 Å². The lowest BCUT2D eigenvalue weighted by molar-refractivity contribution is -0.116. The van der Waals surface area contributed by atoms with Crippen LogP contribution < -0.4 is 21.5 Å². The molecule has 1 aliphatic heterocycles. The SMILES string of the molecule is Cn1c(=O)c2c(ncn2CC(=O)Nc2ccc(N3CCCCC3)cc2)n(C)c1=O. The van der Waals surface area contributed by atoms with Crippen molar-refractivity contribution in [2.45, 2.75) is 25.8 Å². The molecule has 0 saturated carbocycles. The number of aromatic nitrogens is 4. The van der Waals surface area contributed by atoms with Crippen LogP contribution >= 0.6 is 0 Å². The molecule has 1 N–H and O–H groups in total. The molecule has 0 aliphatic carbocycles. The Morgan fingerprint density at radius 2 is 1.72 bits per heavy atom. The third-order valence-electron chi connectivity index (χ3n) is 5.40. The first-order valence-electron chi connectivity index (χ1n) is 9.71. The van der Waals surface area contributed by atoms with Gasteiger partial charge in [0.15, 0.2) is 11.2 Å². The molecule has 1 saturated heterocycles. The van der Waals surface area contributed by atoms with E-state index in [-0.39, 0.29) is 23.6 Å². The average Bonchev–Trinajstić information content (AvgIpc) is 3.15. The quantitative estimate of drug-likeness (QED) is 0.712. The van der Waals surface area contributed by atoms with E-state index in [1.165, 1.54) is 41.8 Å². The van der Waals surface area contributed by atoms with Crippen LogP contribution in [0, 0.1) is 0 Å². The summed E-state index contributed by atoms with van der Waals surface area (Å²) in [4.78, 5) is 43.5. The summed E-state index contributed by atoms with van der Waals surface area (Å²) < 4.78 is 3.77. The minimum atomic E-state index is -0.473. The van der Waals surface area contributed by atoms with E-state index in [2.05, 4.69) is 15.2 Å². The first-order chi connectivity index (χ1) is 14.0. The minimum Gasteiger partial charge on any atom is -0.372 e. The molecule has 0 radical (unpaired) electrons. The van der Waals surface area contributed by atoms with Gasteiger partial charge in [-0.05, 0) is 43.5 Å². The molecule has 9 heteroatoms. The van der Waals surface area contributed by atoms with Crippen molar-refractivity contribution in [3.05, 3.63) is 51.4 Å². The number of rotatable bonds is 4. The molecular formula is C20H24N6O3. The number of imidazole rings is 1. The molecule has 1 amide bonds. The summed E-state index contributed by atoms with van der Waals surface area (Å²) in [7, 11) is 2.96. The highest BCUT2D eigenvalue weighted by Crippen LogP contribution is 2.21. The van der Waals surface area contributed by atoms with E-state index in [4.69, 9.17) is 0 Å². The molecule has 3 heterocycles. The molecule has 1 fully saturated rings. The summed E-state index contributed by atoms with van der Waals surface area (Å²) in [6.07, 6.45) is 5.11. The summed E-state index contributed by atoms with van der Waals surface area (Å²) in [5.41, 5.74) is 1.42. The van der Waals surface area contributed by atoms with E-state index >= 15 is 0 Å². The summed E-state index contributed by atoms with van der Waals surface area (Å²) in [5, 5.41) is 2.85. The molecule has 4 rings (SSSR count). The first-order valence-corrected chi connectivity index (χ1v) is 9.71. The molecule has 2 aromatic heterocycles. The smallest absolute Gasteiger partial charge is 0.332 e. The number of nitrogens with one attached hydrogen (secondary N) is 1. The number of anilines is 2. The number of carbonyl (C=O) groups is 1. The van der Waals surface area contributed by atoms with Crippen molar-refractivity contribution in [2.75, 3.05) is 23.3 Å². The average molecular weight is 396 g/mol. The Morgan fingerprint density at radius 3 is 2.41 bits per heavy atom. The minimum absolute atomic E-state index is 0.0716. The van der Waals surface area contributed by atoms with Gasteiger partial charge >= 0.3 is 5.69 Å². The Balaban J connectivity index is 1.50. The fourth-order valence-corrected chi connectivity index (χ4v) is 3.78. The highest BCUT2D eigenvalue weighted by Gasteiger charge is 2.16. The van der Waals surface area contributed by atoms with Crippen LogP contribution in [0.25, 0.3) is 11.2 Å². The number of nitrogens with zero attached hydrogens (tertiary/aromatic N) is 5. The zero-order valence-electron chi connectivity index (χ0n) is 16.6. The second-order valence-electron chi connectivity index (χ2n) is 7.39. The molecule has 1 aliphatic rings. The van der Waals surface area contributed by atoms with E-state index in [9.17, 15) is 14.4 Å². The van der Waals surface area contributed by atoms with E-state index in [0.717, 1.165) is 23.3 Å². The van der Waals surface area contributed by atoms with Crippen LogP contribution in [0.4, 0.5) is 11.4 Å². The fourth-order valence-electron chi connectivity index (χ4n) is 3.78. The lowest BCUT2D eigenvalue weighted by Crippen LogP contribution is -2.37. The summed E-state index contributed by atoms with van der Waals surface area (Å²) in [6, 6.07) is 7.80. The Morgan fingerprint density at radius 1 is 1.03 bits per heavy atom. The molecule has 3 aromatic rings. The van der Waals surface area contributed by atoms with E-state index < -0.39 is 11.2 Å². The van der Waals surface area contributed by atoms with Crippen LogP contribution in [0.5, 0.6) is 0 Å². The molecule has 0 atom stereocenters. The van der Waals surface area contributed by atoms with Crippen LogP contribution in [-0.4, -0.2) is 37.7 Å². The monoisotopic (exact) mass is 396 g/mol. The number of aryl methyl sites for hydroxylation is 1. The number of amides is 1. The van der Waals surface area contributed by atoms with Crippen LogP contribution in [0.2, 0.25) is 0 Å². The van der Waals surface area contributed by atoms with Crippen LogP contribution in [0.3, 0.4) is 0 Å². The number of hydrogen-bond acceptors (Lipinski definition) is 5. The van der Waals surface area contributed by atoms with Crippen LogP contribution in [-0.2, 0) is 25.4 Å². The Labute approximate surface area is 167 Å². The zero-order valence-corrected chi connectivity index (χ0v) is 16.6. The highest BCUT2D eigenvalue weighted by atomic mass is 16.2. The van der Waals surface area contributed by atoms with Gasteiger partial charge in [0.1, 0.15) is 6.54 Å². The van der Waals surface area contributed by atoms with E-state index in [1.54, 1.807) is 7.05 Å². The van der Waals surface area contributed by atoms with E-state index in [1.807, 2.05) is 24.3 Å². The normalized spacial score (nSPS) is 14.3. The predicted molar refractivity (Wildman–Crippen MR) is 111 cm³/mol. The zero-order chi connectivity index (χ0) is 20.5. The number of hydrogen-bond donors (Lipinski definition) is 1. The molecule has 29 heavy (non-hydrogen) atoms. The van der Waals surface area contributed by atoms with Crippen molar-refractivity contribution in [1.82, 2.24) is 18.7 Å². The third-order valence-corrected chi connectivity index (χ3v) is 5.40. The van der Waals surface area contributed by atoms with Crippen molar-refractivity contribution in [3.8, 4) is 0 Å². The lowest BCUT2D eigenvalue weighted by Gasteiger charge is -2.28. The third kappa shape index (κ3) is 3.55. The van der Waals surface area contributed by atoms with Crippen molar-refractivity contribution < 1.29 is 4.79 Å². The number of carbonyl (C=O) groups excluding carboxylic acids is 1. The Kier molecular flexibility index (Phi) is 4.96. The van der Waals surface area contributed by atoms with Gasteiger partial charge in [-0.1, -0.05) is 0 Å². The highest BCUT2D eigenvalue weighted by molar-refractivity contribution is 5.91. The van der Waals surface area contributed by atoms with Crippen molar-refractivity contribution in [1.29, 1.82) is 0 Å². The van der Waals surface area contributed by atoms with Gasteiger partial charge in [-0.2, -0.15) is 0 Å². The number of benzene rings is 1. The second kappa shape index (κ2) is 7.57. The second-order valence-corrected chi connectivity index (χ2v) is 7.39. The maximum Gasteiger partial charge on any atom is 0.332 e. The molecule has 1 aromatic carbocycles. The van der Waals surface area contributed by atoms with Gasteiger partial charge in [-0.3, -0.25) is 18.7 Å². The summed E-state index contributed by atoms with van der Waals surface area (Å²) in [5.74, 6) is -0.272. The van der Waals surface area contributed by atoms with Gasteiger partial charge in [-0.15, -0.1) is 0 Å². The van der Waals surface area contributed by atoms with Gasteiger partial charge < -0.3 is 14.8 Å². The van der Waals surface area contributed by atoms with Crippen molar-refractivity contribution in [2.24, 2.45) is 14.1 Å². The Bertz CT molecular complexity index is 1170. The Hall–Kier alpha value is -3.36. The topological polar surface area (TPSA) is 94.2 Å². The molecular weight excluding hydrogens is 372 g/mol. The maximum absolute atomic E-state index is 12.5. The van der Waals surface area contributed by atoms with Crippen molar-refractivity contribution >= 4 is 28.4 Å². The van der Waals surface area contributed by atoms with Crippen molar-refractivity contribution in [3.63, 3.8) is 0 Å². The summed E-state index contributed by atoms with van der Waals surface area (Å²) in [6.45, 7) is 2.06. The van der Waals surface area contributed by atoms with Gasteiger partial charge in [0.25, 0.3) is 5.56 Å². The maximum atomic E-state index is 12.5.